The molecule has 0 unspecified atom stereocenters. The zero-order valence-electron chi connectivity index (χ0n) is 24.1. The lowest BCUT2D eigenvalue weighted by Gasteiger charge is -2.47. The van der Waals surface area contributed by atoms with E-state index in [1.807, 2.05) is 29.0 Å². The number of hydrogen-bond donors (Lipinski definition) is 1. The molecule has 3 aliphatic heterocycles. The molecule has 3 saturated heterocycles. The molecule has 3 fully saturated rings. The Morgan fingerprint density at radius 2 is 1.85 bits per heavy atom. The number of halogens is 1. The van der Waals surface area contributed by atoms with Crippen LogP contribution in [0.4, 0.5) is 5.82 Å². The van der Waals surface area contributed by atoms with E-state index in [4.69, 9.17) is 21.4 Å². The number of nitrogens with one attached hydrogen (secondary N) is 1. The van der Waals surface area contributed by atoms with E-state index >= 15 is 0 Å². The molecule has 5 heterocycles. The van der Waals surface area contributed by atoms with Crippen LogP contribution in [0.15, 0.2) is 24.9 Å². The van der Waals surface area contributed by atoms with Gasteiger partial charge in [-0.25, -0.2) is 0 Å². The highest BCUT2D eigenvalue weighted by Gasteiger charge is 2.42. The van der Waals surface area contributed by atoms with Crippen molar-refractivity contribution >= 4 is 40.1 Å². The maximum atomic E-state index is 12.2. The SMILES string of the molecule is C=CC(=O)N1CCC(n2nc(N3CCC4(CC3)CN(C(C)=O)CCO4)c(-c3c(Cl)c(C)cc4[nH]ncc34)c2C)CC1. The largest absolute Gasteiger partial charge is 0.371 e. The Kier molecular flexibility index (Phi) is 7.32. The van der Waals surface area contributed by atoms with Crippen molar-refractivity contribution < 1.29 is 14.3 Å². The summed E-state index contributed by atoms with van der Waals surface area (Å²) < 4.78 is 8.47. The van der Waals surface area contributed by atoms with Crippen molar-refractivity contribution in [3.05, 3.63) is 41.2 Å². The van der Waals surface area contributed by atoms with Gasteiger partial charge in [-0.15, -0.1) is 0 Å². The minimum atomic E-state index is -0.318. The minimum absolute atomic E-state index is 0.0218. The average Bonchev–Trinajstić information content (AvgIpc) is 3.58. The van der Waals surface area contributed by atoms with Gasteiger partial charge in [0.2, 0.25) is 11.8 Å². The van der Waals surface area contributed by atoms with E-state index < -0.39 is 0 Å². The standard InChI is InChI=1S/C30H38ClN7O3/c1-5-25(40)35-10-6-22(7-11-35)38-20(3)26(27-23-17-32-33-24(23)16-19(2)28(27)31)29(34-38)36-12-8-30(9-13-36)18-37(21(4)39)14-15-41-30/h5,16-17,22H,1,6-15,18H2,2-4H3,(H,32,33). The van der Waals surface area contributed by atoms with Crippen LogP contribution in [0.5, 0.6) is 0 Å². The molecule has 10 nitrogen and oxygen atoms in total. The molecule has 41 heavy (non-hydrogen) atoms. The van der Waals surface area contributed by atoms with Crippen molar-refractivity contribution in [3.8, 4) is 11.1 Å². The maximum Gasteiger partial charge on any atom is 0.245 e. The van der Waals surface area contributed by atoms with E-state index in [1.54, 1.807) is 6.92 Å². The first-order chi connectivity index (χ1) is 19.7. The van der Waals surface area contributed by atoms with Crippen molar-refractivity contribution in [3.63, 3.8) is 0 Å². The summed E-state index contributed by atoms with van der Waals surface area (Å²) in [4.78, 5) is 30.4. The van der Waals surface area contributed by atoms with Gasteiger partial charge in [-0.05, 0) is 57.2 Å². The lowest BCUT2D eigenvalue weighted by atomic mass is 9.88. The van der Waals surface area contributed by atoms with Crippen molar-refractivity contribution in [1.82, 2.24) is 29.8 Å². The summed E-state index contributed by atoms with van der Waals surface area (Å²) in [6.45, 7) is 14.2. The van der Waals surface area contributed by atoms with E-state index in [2.05, 4.69) is 33.3 Å². The molecular weight excluding hydrogens is 542 g/mol. The quantitative estimate of drug-likeness (QED) is 0.464. The maximum absolute atomic E-state index is 12.2. The first kappa shape index (κ1) is 27.8. The van der Waals surface area contributed by atoms with E-state index in [0.717, 1.165) is 77.9 Å². The fraction of sp³-hybridized carbons (Fsp3) is 0.533. The minimum Gasteiger partial charge on any atom is -0.371 e. The van der Waals surface area contributed by atoms with E-state index in [0.29, 0.717) is 37.8 Å². The Bertz CT molecular complexity index is 1500. The molecular formula is C30H38ClN7O3. The van der Waals surface area contributed by atoms with Gasteiger partial charge >= 0.3 is 0 Å². The number of nitrogens with zero attached hydrogens (tertiary/aromatic N) is 6. The highest BCUT2D eigenvalue weighted by Crippen LogP contribution is 2.45. The van der Waals surface area contributed by atoms with Crippen molar-refractivity contribution in [2.45, 2.75) is 58.1 Å². The number of likely N-dealkylation sites (tertiary alicyclic amines) is 1. The number of H-pyrrole nitrogens is 1. The number of anilines is 1. The molecule has 0 radical (unpaired) electrons. The van der Waals surface area contributed by atoms with Gasteiger partial charge < -0.3 is 19.4 Å². The van der Waals surface area contributed by atoms with Crippen LogP contribution in [0, 0.1) is 13.8 Å². The Hall–Kier alpha value is -3.37. The Morgan fingerprint density at radius 3 is 2.54 bits per heavy atom. The van der Waals surface area contributed by atoms with Crippen LogP contribution in [-0.2, 0) is 14.3 Å². The number of hydrogen-bond acceptors (Lipinski definition) is 6. The first-order valence-electron chi connectivity index (χ1n) is 14.5. The van der Waals surface area contributed by atoms with Crippen molar-refractivity contribution in [2.24, 2.45) is 0 Å². The molecule has 1 N–H and O–H groups in total. The average molecular weight is 580 g/mol. The number of rotatable bonds is 4. The number of aromatic nitrogens is 4. The second-order valence-electron chi connectivity index (χ2n) is 11.7. The zero-order chi connectivity index (χ0) is 28.9. The summed E-state index contributed by atoms with van der Waals surface area (Å²) in [6, 6.07) is 2.20. The number of amides is 2. The van der Waals surface area contributed by atoms with Crippen molar-refractivity contribution in [1.29, 1.82) is 0 Å². The molecule has 0 aliphatic carbocycles. The third-order valence-electron chi connectivity index (χ3n) is 9.21. The molecule has 0 atom stereocenters. The molecule has 1 spiro atoms. The summed E-state index contributed by atoms with van der Waals surface area (Å²) >= 11 is 7.07. The molecule has 0 bridgehead atoms. The number of fused-ring (bicyclic) bond motifs is 1. The molecule has 218 valence electrons. The highest BCUT2D eigenvalue weighted by molar-refractivity contribution is 6.36. The van der Waals surface area contributed by atoms with Crippen LogP contribution in [0.1, 0.15) is 49.9 Å². The third kappa shape index (κ3) is 4.91. The van der Waals surface area contributed by atoms with Gasteiger partial charge in [0.1, 0.15) is 0 Å². The smallest absolute Gasteiger partial charge is 0.245 e. The fourth-order valence-corrected chi connectivity index (χ4v) is 7.07. The molecule has 11 heteroatoms. The zero-order valence-corrected chi connectivity index (χ0v) is 24.8. The molecule has 6 rings (SSSR count). The van der Waals surface area contributed by atoms with Crippen LogP contribution in [0.25, 0.3) is 22.0 Å². The molecule has 1 aromatic carbocycles. The van der Waals surface area contributed by atoms with Crippen LogP contribution in [0.3, 0.4) is 0 Å². The summed E-state index contributed by atoms with van der Waals surface area (Å²) in [6.07, 6.45) is 6.50. The summed E-state index contributed by atoms with van der Waals surface area (Å²) in [5, 5.41) is 14.4. The Balaban J connectivity index is 1.38. The molecule has 3 aromatic rings. The number of carbonyl (C=O) groups is 2. The summed E-state index contributed by atoms with van der Waals surface area (Å²) in [5.41, 5.74) is 4.63. The van der Waals surface area contributed by atoms with Gasteiger partial charge in [0.05, 0.1) is 35.0 Å². The number of aromatic amines is 1. The fourth-order valence-electron chi connectivity index (χ4n) is 6.82. The predicted octanol–water partition coefficient (Wildman–Crippen LogP) is 4.26. The number of piperidine rings is 2. The lowest BCUT2D eigenvalue weighted by Crippen LogP contribution is -2.57. The number of aryl methyl sites for hydroxylation is 1. The molecule has 2 amide bonds. The topological polar surface area (TPSA) is 99.6 Å². The van der Waals surface area contributed by atoms with Crippen LogP contribution < -0.4 is 4.90 Å². The van der Waals surface area contributed by atoms with E-state index in [1.165, 1.54) is 6.08 Å². The highest BCUT2D eigenvalue weighted by atomic mass is 35.5. The van der Waals surface area contributed by atoms with Crippen LogP contribution in [-0.4, -0.2) is 93.1 Å². The second-order valence-corrected chi connectivity index (χ2v) is 12.0. The number of benzene rings is 1. The van der Waals surface area contributed by atoms with Gasteiger partial charge in [0, 0.05) is 68.4 Å². The van der Waals surface area contributed by atoms with E-state index in [-0.39, 0.29) is 23.5 Å². The summed E-state index contributed by atoms with van der Waals surface area (Å²) in [5.74, 6) is 0.994. The number of ether oxygens (including phenoxy) is 1. The van der Waals surface area contributed by atoms with Gasteiger partial charge in [-0.3, -0.25) is 19.4 Å². The monoisotopic (exact) mass is 579 g/mol. The predicted molar refractivity (Wildman–Crippen MR) is 159 cm³/mol. The normalized spacial score (nSPS) is 19.8. The van der Waals surface area contributed by atoms with Gasteiger partial charge in [0.15, 0.2) is 5.82 Å². The van der Waals surface area contributed by atoms with Crippen molar-refractivity contribution in [2.75, 3.05) is 50.8 Å². The van der Waals surface area contributed by atoms with Crippen LogP contribution in [0.2, 0.25) is 5.02 Å². The van der Waals surface area contributed by atoms with E-state index in [9.17, 15) is 9.59 Å². The molecule has 2 aromatic heterocycles. The number of morpholine rings is 1. The second kappa shape index (κ2) is 10.8. The van der Waals surface area contributed by atoms with Gasteiger partial charge in [0.25, 0.3) is 0 Å². The van der Waals surface area contributed by atoms with Gasteiger partial charge in [-0.2, -0.15) is 10.2 Å². The summed E-state index contributed by atoms with van der Waals surface area (Å²) in [7, 11) is 0. The lowest BCUT2D eigenvalue weighted by molar-refractivity contribution is -0.152. The Morgan fingerprint density at radius 1 is 1.12 bits per heavy atom. The van der Waals surface area contributed by atoms with Gasteiger partial charge in [-0.1, -0.05) is 18.2 Å². The third-order valence-corrected chi connectivity index (χ3v) is 9.70. The Labute approximate surface area is 245 Å². The number of carbonyl (C=O) groups excluding carboxylic acids is 2. The first-order valence-corrected chi connectivity index (χ1v) is 14.9. The molecule has 0 saturated carbocycles. The molecule has 3 aliphatic rings. The van der Waals surface area contributed by atoms with Crippen LogP contribution >= 0.6 is 11.6 Å².